The zero-order chi connectivity index (χ0) is 19.6. The molecule has 0 bridgehead atoms. The molecule has 3 aromatic rings. The summed E-state index contributed by atoms with van der Waals surface area (Å²) in [6, 6.07) is 14.5. The van der Waals surface area contributed by atoms with Gasteiger partial charge in [0.2, 0.25) is 0 Å². The molecule has 1 aliphatic heterocycles. The van der Waals surface area contributed by atoms with Crippen molar-refractivity contribution in [1.82, 2.24) is 19.9 Å². The summed E-state index contributed by atoms with van der Waals surface area (Å²) in [6.45, 7) is 4.45. The highest BCUT2D eigenvalue weighted by Crippen LogP contribution is 2.15. The van der Waals surface area contributed by atoms with Gasteiger partial charge in [0.1, 0.15) is 17.2 Å². The van der Waals surface area contributed by atoms with E-state index in [4.69, 9.17) is 0 Å². The maximum Gasteiger partial charge on any atom is 0.198 e. The smallest absolute Gasteiger partial charge is 0.198 e. The van der Waals surface area contributed by atoms with Gasteiger partial charge in [0.25, 0.3) is 0 Å². The van der Waals surface area contributed by atoms with Gasteiger partial charge in [-0.1, -0.05) is 35.0 Å². The van der Waals surface area contributed by atoms with Crippen LogP contribution in [0.15, 0.2) is 58.4 Å². The highest BCUT2D eigenvalue weighted by molar-refractivity contribution is 7.91. The minimum absolute atomic E-state index is 0.283. The van der Waals surface area contributed by atoms with Gasteiger partial charge in [-0.3, -0.25) is 9.89 Å². The highest BCUT2D eigenvalue weighted by atomic mass is 32.2. The van der Waals surface area contributed by atoms with Gasteiger partial charge < -0.3 is 0 Å². The van der Waals surface area contributed by atoms with Crippen LogP contribution in [0.25, 0.3) is 11.0 Å². The van der Waals surface area contributed by atoms with E-state index in [2.05, 4.69) is 20.2 Å². The molecular formula is C20H23N5O2S. The number of aromatic nitrogens is 3. The predicted molar refractivity (Wildman–Crippen MR) is 109 cm³/mol. The number of fused-ring (bicyclic) bond motifs is 1. The van der Waals surface area contributed by atoms with E-state index in [1.165, 1.54) is 0 Å². The number of rotatable bonds is 5. The van der Waals surface area contributed by atoms with E-state index in [1.54, 1.807) is 28.9 Å². The van der Waals surface area contributed by atoms with Crippen molar-refractivity contribution in [3.05, 3.63) is 54.1 Å². The Morgan fingerprint density at radius 2 is 1.79 bits per heavy atom. The second-order valence-corrected chi connectivity index (χ2v) is 9.06. The standard InChI is InChI=1S/C20H23N5O2S/c1-16-8-10-17(11-9-16)28(26,27)15-21-20(14-24-12-4-5-13-24)25-19-7-3-2-6-18(19)22-23-25/h2-3,6-11H,4-5,12-15H2,1H3. The average molecular weight is 398 g/mol. The molecule has 0 N–H and O–H groups in total. The van der Waals surface area contributed by atoms with E-state index >= 15 is 0 Å². The Kier molecular flexibility index (Phi) is 5.23. The van der Waals surface area contributed by atoms with Gasteiger partial charge in [0.15, 0.2) is 9.84 Å². The monoisotopic (exact) mass is 397 g/mol. The maximum atomic E-state index is 12.8. The molecule has 1 saturated heterocycles. The molecule has 0 unspecified atom stereocenters. The van der Waals surface area contributed by atoms with Crippen LogP contribution < -0.4 is 0 Å². The van der Waals surface area contributed by atoms with E-state index < -0.39 is 9.84 Å². The normalized spacial score (nSPS) is 16.1. The summed E-state index contributed by atoms with van der Waals surface area (Å²) in [5, 5.41) is 8.43. The van der Waals surface area contributed by atoms with Crippen molar-refractivity contribution in [3.8, 4) is 0 Å². The van der Waals surface area contributed by atoms with Gasteiger partial charge in [-0.05, 0) is 57.1 Å². The third kappa shape index (κ3) is 3.98. The highest BCUT2D eigenvalue weighted by Gasteiger charge is 2.20. The Morgan fingerprint density at radius 1 is 1.07 bits per heavy atom. The molecule has 0 aliphatic carbocycles. The lowest BCUT2D eigenvalue weighted by atomic mass is 10.2. The lowest BCUT2D eigenvalue weighted by Crippen LogP contribution is -2.32. The number of aryl methyl sites for hydroxylation is 1. The summed E-state index contributed by atoms with van der Waals surface area (Å²) >= 11 is 0. The van der Waals surface area contributed by atoms with Crippen molar-refractivity contribution in [2.24, 2.45) is 4.99 Å². The SMILES string of the molecule is Cc1ccc(S(=O)(=O)CN=C(CN2CCCC2)n2nnc3ccccc32)cc1. The van der Waals surface area contributed by atoms with Crippen LogP contribution in [0.4, 0.5) is 0 Å². The van der Waals surface area contributed by atoms with E-state index in [-0.39, 0.29) is 10.8 Å². The maximum absolute atomic E-state index is 12.8. The topological polar surface area (TPSA) is 80.5 Å². The molecule has 0 atom stereocenters. The number of hydrogen-bond donors (Lipinski definition) is 0. The Bertz CT molecular complexity index is 1100. The van der Waals surface area contributed by atoms with Crippen LogP contribution in [-0.2, 0) is 9.84 Å². The van der Waals surface area contributed by atoms with Crippen molar-refractivity contribution in [3.63, 3.8) is 0 Å². The molecule has 1 aliphatic rings. The molecule has 4 rings (SSSR count). The molecule has 2 heterocycles. The molecule has 0 radical (unpaired) electrons. The summed E-state index contributed by atoms with van der Waals surface area (Å²) in [7, 11) is -3.52. The molecule has 0 spiro atoms. The van der Waals surface area contributed by atoms with E-state index in [0.717, 1.165) is 42.5 Å². The zero-order valence-electron chi connectivity index (χ0n) is 15.8. The number of hydrogen-bond acceptors (Lipinski definition) is 6. The van der Waals surface area contributed by atoms with Gasteiger partial charge in [-0.2, -0.15) is 4.68 Å². The average Bonchev–Trinajstić information content (AvgIpc) is 3.35. The largest absolute Gasteiger partial charge is 0.296 e. The minimum Gasteiger partial charge on any atom is -0.296 e. The summed E-state index contributed by atoms with van der Waals surface area (Å²) in [5.74, 6) is 0.291. The molecular weight excluding hydrogens is 374 g/mol. The zero-order valence-corrected chi connectivity index (χ0v) is 16.6. The molecule has 0 saturated carbocycles. The number of sulfone groups is 1. The summed E-state index contributed by atoms with van der Waals surface area (Å²) in [4.78, 5) is 7.05. The first-order valence-electron chi connectivity index (χ1n) is 9.39. The molecule has 1 aromatic heterocycles. The molecule has 0 amide bonds. The summed E-state index contributed by atoms with van der Waals surface area (Å²) in [6.07, 6.45) is 2.29. The molecule has 8 heteroatoms. The molecule has 2 aromatic carbocycles. The van der Waals surface area contributed by atoms with Crippen LogP contribution in [0.1, 0.15) is 18.4 Å². The van der Waals surface area contributed by atoms with Crippen molar-refractivity contribution < 1.29 is 8.42 Å². The first kappa shape index (κ1) is 18.8. The van der Waals surface area contributed by atoms with Gasteiger partial charge in [0.05, 0.1) is 17.0 Å². The second-order valence-electron chi connectivity index (χ2n) is 7.10. The van der Waals surface area contributed by atoms with Crippen molar-refractivity contribution in [2.75, 3.05) is 25.5 Å². The van der Waals surface area contributed by atoms with Crippen molar-refractivity contribution >= 4 is 26.7 Å². The molecule has 7 nitrogen and oxygen atoms in total. The van der Waals surface area contributed by atoms with Crippen LogP contribution in [0.2, 0.25) is 0 Å². The molecule has 1 fully saturated rings. The number of para-hydroxylation sites is 1. The van der Waals surface area contributed by atoms with Crippen molar-refractivity contribution in [1.29, 1.82) is 0 Å². The van der Waals surface area contributed by atoms with E-state index in [9.17, 15) is 8.42 Å². The van der Waals surface area contributed by atoms with Crippen LogP contribution in [-0.4, -0.2) is 59.7 Å². The lowest BCUT2D eigenvalue weighted by Gasteiger charge is -2.16. The first-order chi connectivity index (χ1) is 13.5. The Balaban J connectivity index is 1.67. The molecule has 146 valence electrons. The quantitative estimate of drug-likeness (QED) is 0.488. The van der Waals surface area contributed by atoms with Gasteiger partial charge in [-0.25, -0.2) is 8.42 Å². The Morgan fingerprint density at radius 3 is 2.54 bits per heavy atom. The third-order valence-corrected chi connectivity index (χ3v) is 6.42. The van der Waals surface area contributed by atoms with E-state index in [0.29, 0.717) is 12.4 Å². The third-order valence-electron chi connectivity index (χ3n) is 4.96. The lowest BCUT2D eigenvalue weighted by molar-refractivity contribution is 0.384. The van der Waals surface area contributed by atoms with Gasteiger partial charge in [0, 0.05) is 0 Å². The van der Waals surface area contributed by atoms with Gasteiger partial charge in [-0.15, -0.1) is 5.10 Å². The van der Waals surface area contributed by atoms with Crippen LogP contribution in [0.3, 0.4) is 0 Å². The van der Waals surface area contributed by atoms with Crippen molar-refractivity contribution in [2.45, 2.75) is 24.7 Å². The fraction of sp³-hybridized carbons (Fsp3) is 0.350. The fourth-order valence-electron chi connectivity index (χ4n) is 3.36. The number of likely N-dealkylation sites (tertiary alicyclic amines) is 1. The fourth-order valence-corrected chi connectivity index (χ4v) is 4.38. The summed E-state index contributed by atoms with van der Waals surface area (Å²) < 4.78 is 27.2. The first-order valence-corrected chi connectivity index (χ1v) is 11.0. The second kappa shape index (κ2) is 7.81. The number of nitrogens with zero attached hydrogens (tertiary/aromatic N) is 5. The van der Waals surface area contributed by atoms with Crippen LogP contribution >= 0.6 is 0 Å². The van der Waals surface area contributed by atoms with Crippen LogP contribution in [0, 0.1) is 6.92 Å². The number of benzene rings is 2. The van der Waals surface area contributed by atoms with E-state index in [1.807, 2.05) is 31.2 Å². The minimum atomic E-state index is -3.52. The molecule has 28 heavy (non-hydrogen) atoms. The Hall–Kier alpha value is -2.58. The van der Waals surface area contributed by atoms with Crippen LogP contribution in [0.5, 0.6) is 0 Å². The van der Waals surface area contributed by atoms with Gasteiger partial charge >= 0.3 is 0 Å². The summed E-state index contributed by atoms with van der Waals surface area (Å²) in [5.41, 5.74) is 2.61. The predicted octanol–water partition coefficient (Wildman–Crippen LogP) is 2.51. The Labute approximate surface area is 164 Å². The number of aliphatic imine (C=N–C) groups is 1.